The minimum Gasteiger partial charge on any atom is -0.328 e. The number of aromatic nitrogens is 4. The second-order valence-corrected chi connectivity index (χ2v) is 2.83. The predicted molar refractivity (Wildman–Crippen MR) is 46.5 cm³/mol. The summed E-state index contributed by atoms with van der Waals surface area (Å²) >= 11 is 4.96. The molecule has 0 atom stereocenters. The van der Waals surface area contributed by atoms with Crippen LogP contribution < -0.4 is 5.69 Å². The molecule has 0 aliphatic carbocycles. The Morgan fingerprint density at radius 1 is 1.58 bits per heavy atom. The SMILES string of the molecule is Cn1c(=S)[nH]c2cnc(=O)[nH]c21. The molecule has 0 spiro atoms. The minimum absolute atomic E-state index is 0.368. The molecule has 0 aliphatic rings. The molecule has 62 valence electrons. The van der Waals surface area contributed by atoms with E-state index < -0.39 is 0 Å². The molecule has 6 heteroatoms. The van der Waals surface area contributed by atoms with Gasteiger partial charge in [0, 0.05) is 7.05 Å². The Kier molecular flexibility index (Phi) is 1.37. The van der Waals surface area contributed by atoms with Crippen LogP contribution in [-0.2, 0) is 7.05 Å². The summed E-state index contributed by atoms with van der Waals surface area (Å²) in [5.74, 6) is 0. The Bertz CT molecular complexity index is 534. The zero-order valence-electron chi connectivity index (χ0n) is 6.29. The molecule has 0 saturated heterocycles. The molecular formula is C6H6N4OS. The van der Waals surface area contributed by atoms with Crippen molar-refractivity contribution in [2.45, 2.75) is 0 Å². The van der Waals surface area contributed by atoms with Crippen LogP contribution in [0.1, 0.15) is 0 Å². The normalized spacial score (nSPS) is 10.8. The zero-order valence-corrected chi connectivity index (χ0v) is 7.10. The summed E-state index contributed by atoms with van der Waals surface area (Å²) in [4.78, 5) is 19.9. The standard InChI is InChI=1S/C6H6N4OS/c1-10-4-3(8-6(10)12)2-7-5(11)9-4/h2H,1H3,(H,8,12)(H,7,9,11). The molecule has 2 aromatic heterocycles. The van der Waals surface area contributed by atoms with Crippen LogP contribution in [0.25, 0.3) is 11.2 Å². The number of nitrogens with one attached hydrogen (secondary N) is 2. The lowest BCUT2D eigenvalue weighted by atomic mass is 10.6. The molecule has 0 unspecified atom stereocenters. The highest BCUT2D eigenvalue weighted by Gasteiger charge is 2.00. The number of rotatable bonds is 0. The van der Waals surface area contributed by atoms with Gasteiger partial charge in [0.1, 0.15) is 11.2 Å². The van der Waals surface area contributed by atoms with Gasteiger partial charge in [0.05, 0.1) is 6.20 Å². The van der Waals surface area contributed by atoms with E-state index in [1.165, 1.54) is 6.20 Å². The van der Waals surface area contributed by atoms with Crippen molar-refractivity contribution in [3.63, 3.8) is 0 Å². The zero-order chi connectivity index (χ0) is 8.72. The number of imidazole rings is 1. The molecule has 2 N–H and O–H groups in total. The summed E-state index contributed by atoms with van der Waals surface area (Å²) in [7, 11) is 1.77. The first-order chi connectivity index (χ1) is 5.68. The summed E-state index contributed by atoms with van der Waals surface area (Å²) < 4.78 is 2.25. The van der Waals surface area contributed by atoms with Gasteiger partial charge < -0.3 is 9.55 Å². The van der Waals surface area contributed by atoms with Crippen LogP contribution in [0.2, 0.25) is 0 Å². The first-order valence-corrected chi connectivity index (χ1v) is 3.73. The topological polar surface area (TPSA) is 66.5 Å². The van der Waals surface area contributed by atoms with Crippen molar-refractivity contribution < 1.29 is 0 Å². The van der Waals surface area contributed by atoms with E-state index >= 15 is 0 Å². The van der Waals surface area contributed by atoms with E-state index in [1.807, 2.05) is 0 Å². The summed E-state index contributed by atoms with van der Waals surface area (Å²) in [6.07, 6.45) is 1.46. The van der Waals surface area contributed by atoms with E-state index in [2.05, 4.69) is 15.0 Å². The van der Waals surface area contributed by atoms with Gasteiger partial charge in [-0.25, -0.2) is 4.79 Å². The summed E-state index contributed by atoms with van der Waals surface area (Å²) in [5.41, 5.74) is 1.04. The number of hydrogen-bond donors (Lipinski definition) is 2. The van der Waals surface area contributed by atoms with Crippen molar-refractivity contribution in [1.82, 2.24) is 19.5 Å². The number of H-pyrrole nitrogens is 2. The lowest BCUT2D eigenvalue weighted by molar-refractivity contribution is 0.904. The lowest BCUT2D eigenvalue weighted by Gasteiger charge is -1.90. The van der Waals surface area contributed by atoms with Gasteiger partial charge in [-0.1, -0.05) is 0 Å². The maximum Gasteiger partial charge on any atom is 0.346 e. The Balaban J connectivity index is 3.08. The molecule has 0 amide bonds. The maximum absolute atomic E-state index is 10.8. The molecule has 0 radical (unpaired) electrons. The monoisotopic (exact) mass is 182 g/mol. The molecule has 2 aromatic rings. The van der Waals surface area contributed by atoms with E-state index in [0.717, 1.165) is 5.52 Å². The molecule has 2 rings (SSSR count). The van der Waals surface area contributed by atoms with E-state index in [9.17, 15) is 4.79 Å². The average Bonchev–Trinajstić information content (AvgIpc) is 2.31. The van der Waals surface area contributed by atoms with Gasteiger partial charge >= 0.3 is 5.69 Å². The van der Waals surface area contributed by atoms with Gasteiger partial charge in [0.15, 0.2) is 4.77 Å². The van der Waals surface area contributed by atoms with E-state index in [4.69, 9.17) is 12.2 Å². The van der Waals surface area contributed by atoms with Crippen molar-refractivity contribution >= 4 is 23.4 Å². The quantitative estimate of drug-likeness (QED) is 0.576. The Morgan fingerprint density at radius 2 is 2.33 bits per heavy atom. The van der Waals surface area contributed by atoms with Crippen molar-refractivity contribution in [3.8, 4) is 0 Å². The highest BCUT2D eigenvalue weighted by Crippen LogP contribution is 2.04. The van der Waals surface area contributed by atoms with E-state index in [0.29, 0.717) is 10.4 Å². The van der Waals surface area contributed by atoms with Gasteiger partial charge in [-0.3, -0.25) is 4.98 Å². The number of nitrogens with zero attached hydrogens (tertiary/aromatic N) is 2. The third kappa shape index (κ3) is 0.884. The summed E-state index contributed by atoms with van der Waals surface area (Å²) in [5, 5.41) is 0. The van der Waals surface area contributed by atoms with Crippen LogP contribution in [0, 0.1) is 4.77 Å². The van der Waals surface area contributed by atoms with Gasteiger partial charge in [-0.05, 0) is 12.2 Å². The van der Waals surface area contributed by atoms with Crippen molar-refractivity contribution in [1.29, 1.82) is 0 Å². The van der Waals surface area contributed by atoms with Crippen LogP contribution in [0.15, 0.2) is 11.0 Å². The van der Waals surface area contributed by atoms with Crippen LogP contribution >= 0.6 is 12.2 Å². The van der Waals surface area contributed by atoms with Crippen LogP contribution in [0.5, 0.6) is 0 Å². The highest BCUT2D eigenvalue weighted by atomic mass is 32.1. The first-order valence-electron chi connectivity index (χ1n) is 3.32. The minimum atomic E-state index is -0.368. The Morgan fingerprint density at radius 3 is 3.08 bits per heavy atom. The molecule has 0 aromatic carbocycles. The average molecular weight is 182 g/mol. The van der Waals surface area contributed by atoms with Crippen LogP contribution in [0.3, 0.4) is 0 Å². The first kappa shape index (κ1) is 7.23. The van der Waals surface area contributed by atoms with Gasteiger partial charge in [0.25, 0.3) is 0 Å². The third-order valence-corrected chi connectivity index (χ3v) is 2.05. The molecule has 2 heterocycles. The van der Waals surface area contributed by atoms with Gasteiger partial charge in [-0.2, -0.15) is 4.98 Å². The molecule has 0 bridgehead atoms. The number of hydrogen-bond acceptors (Lipinski definition) is 3. The van der Waals surface area contributed by atoms with Gasteiger partial charge in [0.2, 0.25) is 0 Å². The molecule has 5 nitrogen and oxygen atoms in total. The summed E-state index contributed by atoms with van der Waals surface area (Å²) in [6.45, 7) is 0. The van der Waals surface area contributed by atoms with Crippen LogP contribution in [0.4, 0.5) is 0 Å². The summed E-state index contributed by atoms with van der Waals surface area (Å²) in [6, 6.07) is 0. The molecule has 0 aliphatic heterocycles. The predicted octanol–water partition coefficient (Wildman–Crippen LogP) is 0.319. The molecule has 0 fully saturated rings. The van der Waals surface area contributed by atoms with Crippen molar-refractivity contribution in [2.75, 3.05) is 0 Å². The van der Waals surface area contributed by atoms with Crippen molar-refractivity contribution in [2.24, 2.45) is 7.05 Å². The molecular weight excluding hydrogens is 176 g/mol. The Hall–Kier alpha value is -1.43. The second kappa shape index (κ2) is 2.28. The molecule has 0 saturated carbocycles. The lowest BCUT2D eigenvalue weighted by Crippen LogP contribution is -2.09. The fourth-order valence-electron chi connectivity index (χ4n) is 1.04. The Labute approximate surface area is 72.1 Å². The number of fused-ring (bicyclic) bond motifs is 1. The van der Waals surface area contributed by atoms with Crippen LogP contribution in [-0.4, -0.2) is 19.5 Å². The fourth-order valence-corrected chi connectivity index (χ4v) is 1.24. The van der Waals surface area contributed by atoms with Crippen molar-refractivity contribution in [3.05, 3.63) is 21.5 Å². The second-order valence-electron chi connectivity index (χ2n) is 2.44. The highest BCUT2D eigenvalue weighted by molar-refractivity contribution is 7.71. The van der Waals surface area contributed by atoms with E-state index in [-0.39, 0.29) is 5.69 Å². The largest absolute Gasteiger partial charge is 0.346 e. The maximum atomic E-state index is 10.8. The smallest absolute Gasteiger partial charge is 0.328 e. The van der Waals surface area contributed by atoms with Gasteiger partial charge in [-0.15, -0.1) is 0 Å². The fraction of sp³-hybridized carbons (Fsp3) is 0.167. The molecule has 12 heavy (non-hydrogen) atoms. The third-order valence-electron chi connectivity index (χ3n) is 1.67. The van der Waals surface area contributed by atoms with E-state index in [1.54, 1.807) is 11.6 Å². The number of aryl methyl sites for hydroxylation is 1. The number of aromatic amines is 2.